The van der Waals surface area contributed by atoms with Crippen LogP contribution in [0.15, 0.2) is 18.2 Å². The Balaban J connectivity index is 2.55. The lowest BCUT2D eigenvalue weighted by Gasteiger charge is -2.15. The van der Waals surface area contributed by atoms with Gasteiger partial charge >= 0.3 is 0 Å². The number of carbonyl (C=O) groups excluding carboxylic acids is 1. The first-order chi connectivity index (χ1) is 9.58. The molecule has 0 aliphatic rings. The number of rotatable bonds is 8. The van der Waals surface area contributed by atoms with E-state index in [-0.39, 0.29) is 11.9 Å². The van der Waals surface area contributed by atoms with E-state index in [0.717, 1.165) is 18.5 Å². The van der Waals surface area contributed by atoms with Crippen LogP contribution in [0.3, 0.4) is 0 Å². The monoisotopic (exact) mass is 296 g/mol. The maximum Gasteiger partial charge on any atom is 0.253 e. The largest absolute Gasteiger partial charge is 0.387 e. The van der Waals surface area contributed by atoms with Crippen LogP contribution in [0.5, 0.6) is 0 Å². The van der Waals surface area contributed by atoms with Crippen LogP contribution in [0.4, 0.5) is 5.69 Å². The fraction of sp³-hybridized carbons (Fsp3) is 0.562. The van der Waals surface area contributed by atoms with Gasteiger partial charge in [-0.05, 0) is 31.5 Å². The first kappa shape index (κ1) is 16.8. The van der Waals surface area contributed by atoms with Gasteiger partial charge in [-0.15, -0.1) is 0 Å². The minimum Gasteiger partial charge on any atom is -0.387 e. The molecule has 0 aliphatic carbocycles. The maximum absolute atomic E-state index is 12.3. The number of hydrogen-bond donors (Lipinski definition) is 2. The number of nitrogens with one attached hydrogen (secondary N) is 2. The van der Waals surface area contributed by atoms with E-state index in [4.69, 9.17) is 11.6 Å². The molecule has 0 saturated carbocycles. The molecule has 0 radical (unpaired) electrons. The zero-order valence-corrected chi connectivity index (χ0v) is 13.4. The Morgan fingerprint density at radius 1 is 1.30 bits per heavy atom. The lowest BCUT2D eigenvalue weighted by molar-refractivity contribution is 0.0938. The molecule has 1 rings (SSSR count). The van der Waals surface area contributed by atoms with Gasteiger partial charge in [-0.1, -0.05) is 44.2 Å². The molecule has 2 N–H and O–H groups in total. The van der Waals surface area contributed by atoms with Crippen molar-refractivity contribution in [3.8, 4) is 0 Å². The maximum atomic E-state index is 12.3. The number of benzene rings is 1. The van der Waals surface area contributed by atoms with Gasteiger partial charge in [-0.25, -0.2) is 0 Å². The molecule has 1 unspecified atom stereocenters. The minimum absolute atomic E-state index is 0.0696. The number of anilines is 1. The van der Waals surface area contributed by atoms with E-state index in [1.54, 1.807) is 19.2 Å². The molecule has 0 fully saturated rings. The summed E-state index contributed by atoms with van der Waals surface area (Å²) in [5, 5.41) is 6.63. The molecule has 0 aliphatic heterocycles. The van der Waals surface area contributed by atoms with Gasteiger partial charge in [0.1, 0.15) is 0 Å². The lowest BCUT2D eigenvalue weighted by atomic mass is 10.1. The molecule has 0 saturated heterocycles. The minimum atomic E-state index is -0.0696. The summed E-state index contributed by atoms with van der Waals surface area (Å²) in [6.45, 7) is 4.25. The Kier molecular flexibility index (Phi) is 7.45. The zero-order valence-electron chi connectivity index (χ0n) is 12.6. The third-order valence-corrected chi connectivity index (χ3v) is 3.60. The summed E-state index contributed by atoms with van der Waals surface area (Å²) in [5.74, 6) is -0.0696. The Morgan fingerprint density at radius 3 is 2.70 bits per heavy atom. The van der Waals surface area contributed by atoms with Crippen LogP contribution in [-0.4, -0.2) is 19.0 Å². The normalized spacial score (nSPS) is 12.0. The smallest absolute Gasteiger partial charge is 0.253 e. The van der Waals surface area contributed by atoms with Crippen molar-refractivity contribution in [2.24, 2.45) is 0 Å². The zero-order chi connectivity index (χ0) is 15.0. The van der Waals surface area contributed by atoms with Crippen molar-refractivity contribution in [2.75, 3.05) is 12.4 Å². The van der Waals surface area contributed by atoms with Crippen LogP contribution >= 0.6 is 11.6 Å². The summed E-state index contributed by atoms with van der Waals surface area (Å²) in [6, 6.07) is 5.48. The van der Waals surface area contributed by atoms with E-state index >= 15 is 0 Å². The van der Waals surface area contributed by atoms with Crippen molar-refractivity contribution in [1.82, 2.24) is 5.32 Å². The van der Waals surface area contributed by atoms with E-state index in [1.807, 2.05) is 13.0 Å². The molecule has 0 heterocycles. The summed E-state index contributed by atoms with van der Waals surface area (Å²) in [5.41, 5.74) is 1.39. The molecular formula is C16H25ClN2O. The van der Waals surface area contributed by atoms with E-state index in [9.17, 15) is 4.79 Å². The molecule has 1 atom stereocenters. The molecule has 3 nitrogen and oxygen atoms in total. The fourth-order valence-electron chi connectivity index (χ4n) is 2.17. The van der Waals surface area contributed by atoms with Gasteiger partial charge in [0.2, 0.25) is 0 Å². The molecular weight excluding hydrogens is 272 g/mol. The molecule has 112 valence electrons. The highest BCUT2D eigenvalue weighted by Crippen LogP contribution is 2.20. The summed E-state index contributed by atoms with van der Waals surface area (Å²) < 4.78 is 0. The molecule has 0 aromatic heterocycles. The second-order valence-electron chi connectivity index (χ2n) is 5.16. The van der Waals surface area contributed by atoms with Crippen molar-refractivity contribution in [3.05, 3.63) is 28.8 Å². The Bertz CT molecular complexity index is 434. The fourth-order valence-corrected chi connectivity index (χ4v) is 2.35. The predicted octanol–water partition coefficient (Wildman–Crippen LogP) is 4.47. The molecule has 0 spiro atoms. The van der Waals surface area contributed by atoms with Crippen molar-refractivity contribution in [2.45, 2.75) is 52.0 Å². The molecule has 20 heavy (non-hydrogen) atoms. The average Bonchev–Trinajstić information content (AvgIpc) is 2.43. The van der Waals surface area contributed by atoms with Gasteiger partial charge in [-0.2, -0.15) is 0 Å². The molecule has 1 aromatic rings. The predicted molar refractivity (Wildman–Crippen MR) is 86.7 cm³/mol. The van der Waals surface area contributed by atoms with Crippen LogP contribution in [0.2, 0.25) is 5.02 Å². The van der Waals surface area contributed by atoms with Crippen molar-refractivity contribution in [1.29, 1.82) is 0 Å². The Morgan fingerprint density at radius 2 is 2.05 bits per heavy atom. The van der Waals surface area contributed by atoms with E-state index in [2.05, 4.69) is 17.6 Å². The van der Waals surface area contributed by atoms with Crippen molar-refractivity contribution in [3.63, 3.8) is 0 Å². The molecule has 4 heteroatoms. The second kappa shape index (κ2) is 8.85. The van der Waals surface area contributed by atoms with Crippen molar-refractivity contribution >= 4 is 23.2 Å². The van der Waals surface area contributed by atoms with Crippen LogP contribution in [0, 0.1) is 0 Å². The summed E-state index contributed by atoms with van der Waals surface area (Å²) >= 11 is 5.97. The highest BCUT2D eigenvalue weighted by atomic mass is 35.5. The van der Waals surface area contributed by atoms with Crippen LogP contribution < -0.4 is 10.6 Å². The summed E-state index contributed by atoms with van der Waals surface area (Å²) in [6.07, 6.45) is 5.90. The van der Waals surface area contributed by atoms with Crippen LogP contribution in [0.25, 0.3) is 0 Å². The molecule has 0 bridgehead atoms. The lowest BCUT2D eigenvalue weighted by Crippen LogP contribution is -2.32. The third-order valence-electron chi connectivity index (χ3n) is 3.36. The van der Waals surface area contributed by atoms with Gasteiger partial charge < -0.3 is 10.6 Å². The number of unbranched alkanes of at least 4 members (excludes halogenated alkanes) is 3. The number of carbonyl (C=O) groups is 1. The van der Waals surface area contributed by atoms with Gasteiger partial charge in [0.25, 0.3) is 5.91 Å². The van der Waals surface area contributed by atoms with E-state index < -0.39 is 0 Å². The van der Waals surface area contributed by atoms with E-state index in [0.29, 0.717) is 10.6 Å². The van der Waals surface area contributed by atoms with Crippen molar-refractivity contribution < 1.29 is 4.79 Å². The second-order valence-corrected chi connectivity index (χ2v) is 5.60. The summed E-state index contributed by atoms with van der Waals surface area (Å²) in [7, 11) is 1.80. The Hall–Kier alpha value is -1.22. The number of hydrogen-bond acceptors (Lipinski definition) is 2. The third kappa shape index (κ3) is 5.41. The standard InChI is InChI=1S/C16H25ClN2O/c1-4-5-6-7-8-12(2)19-16(20)14-11-13(17)9-10-15(14)18-3/h9-12,18H,4-8H2,1-3H3,(H,19,20). The highest BCUT2D eigenvalue weighted by Gasteiger charge is 2.13. The van der Waals surface area contributed by atoms with Gasteiger partial charge in [0.15, 0.2) is 0 Å². The topological polar surface area (TPSA) is 41.1 Å². The average molecular weight is 297 g/mol. The number of amides is 1. The SMILES string of the molecule is CCCCCCC(C)NC(=O)c1cc(Cl)ccc1NC. The van der Waals surface area contributed by atoms with E-state index in [1.165, 1.54) is 19.3 Å². The Labute approximate surface area is 127 Å². The number of halogens is 1. The van der Waals surface area contributed by atoms with Crippen LogP contribution in [-0.2, 0) is 0 Å². The highest BCUT2D eigenvalue weighted by molar-refractivity contribution is 6.31. The van der Waals surface area contributed by atoms with Gasteiger partial charge in [-0.3, -0.25) is 4.79 Å². The van der Waals surface area contributed by atoms with Gasteiger partial charge in [0, 0.05) is 23.8 Å². The summed E-state index contributed by atoms with van der Waals surface area (Å²) in [4.78, 5) is 12.3. The quantitative estimate of drug-likeness (QED) is 0.695. The molecule has 1 amide bonds. The van der Waals surface area contributed by atoms with Gasteiger partial charge in [0.05, 0.1) is 5.56 Å². The molecule has 1 aromatic carbocycles. The first-order valence-electron chi connectivity index (χ1n) is 7.36. The van der Waals surface area contributed by atoms with Crippen LogP contribution in [0.1, 0.15) is 56.3 Å². The first-order valence-corrected chi connectivity index (χ1v) is 7.74.